The molecule has 1 aromatic heterocycles. The molecule has 0 radical (unpaired) electrons. The standard InChI is InChI=1S/C33H41N5O5S/c1-5-6-13-30-36-33(16-9-10-17-33)31(39)38(30)20-24-14-15-26(25(18-24)19-35-32(40)34-4)27-11-7-8-12-29(27)44(41,42)21-28-22(2)23(3)37-43-28/h7-8,11-12,14-15,18H,5-6,9-10,13,16-17,19-21H2,1-4H3,(H2,34,35,40). The van der Waals surface area contributed by atoms with Crippen molar-refractivity contribution in [2.45, 2.75) is 95.0 Å². The molecule has 11 heteroatoms. The highest BCUT2D eigenvalue weighted by Gasteiger charge is 2.49. The smallest absolute Gasteiger partial charge is 0.314 e. The van der Waals surface area contributed by atoms with Gasteiger partial charge in [0.15, 0.2) is 15.6 Å². The van der Waals surface area contributed by atoms with Gasteiger partial charge in [0, 0.05) is 31.1 Å². The number of urea groups is 1. The van der Waals surface area contributed by atoms with Crippen LogP contribution in [0, 0.1) is 13.8 Å². The van der Waals surface area contributed by atoms with Gasteiger partial charge >= 0.3 is 6.03 Å². The average molecular weight is 620 g/mol. The first-order valence-corrected chi connectivity index (χ1v) is 17.0. The second-order valence-corrected chi connectivity index (χ2v) is 13.7. The third kappa shape index (κ3) is 6.29. The van der Waals surface area contributed by atoms with Crippen molar-refractivity contribution in [2.24, 2.45) is 4.99 Å². The first-order chi connectivity index (χ1) is 21.1. The van der Waals surface area contributed by atoms with Crippen molar-refractivity contribution < 1.29 is 22.5 Å². The van der Waals surface area contributed by atoms with Crippen LogP contribution in [0.2, 0.25) is 0 Å². The van der Waals surface area contributed by atoms with Gasteiger partial charge in [-0.1, -0.05) is 67.7 Å². The lowest BCUT2D eigenvalue weighted by Crippen LogP contribution is -2.40. The van der Waals surface area contributed by atoms with Crippen LogP contribution in [-0.4, -0.2) is 48.8 Å². The number of unbranched alkanes of at least 4 members (excludes halogenated alkanes) is 1. The van der Waals surface area contributed by atoms with Crippen LogP contribution in [0.25, 0.3) is 11.1 Å². The summed E-state index contributed by atoms with van der Waals surface area (Å²) in [4.78, 5) is 32.9. The van der Waals surface area contributed by atoms with Gasteiger partial charge in [-0.15, -0.1) is 0 Å². The van der Waals surface area contributed by atoms with Gasteiger partial charge in [-0.2, -0.15) is 0 Å². The van der Waals surface area contributed by atoms with Crippen LogP contribution in [-0.2, 0) is 33.5 Å². The summed E-state index contributed by atoms with van der Waals surface area (Å²) in [5.41, 5.74) is 3.55. The first kappa shape index (κ1) is 31.4. The molecule has 1 aliphatic heterocycles. The number of amidine groups is 1. The molecule has 2 N–H and O–H groups in total. The Labute approximate surface area is 259 Å². The van der Waals surface area contributed by atoms with E-state index in [4.69, 9.17) is 9.52 Å². The SMILES string of the molecule is CCCCC1=NC2(CCCC2)C(=O)N1Cc1ccc(-c2ccccc2S(=O)(=O)Cc2onc(C)c2C)c(CNC(=O)NC)c1. The number of carbonyl (C=O) groups is 2. The lowest BCUT2D eigenvalue weighted by molar-refractivity contribution is -0.131. The Morgan fingerprint density at radius 1 is 1.09 bits per heavy atom. The van der Waals surface area contributed by atoms with Crippen LogP contribution in [0.3, 0.4) is 0 Å². The number of nitrogens with zero attached hydrogens (tertiary/aromatic N) is 3. The van der Waals surface area contributed by atoms with Crippen molar-refractivity contribution in [2.75, 3.05) is 7.05 Å². The zero-order valence-corrected chi connectivity index (χ0v) is 26.7. The molecule has 1 saturated carbocycles. The number of hydrogen-bond acceptors (Lipinski definition) is 7. The minimum absolute atomic E-state index is 0.0737. The lowest BCUT2D eigenvalue weighted by atomic mass is 9.96. The number of carbonyl (C=O) groups excluding carboxylic acids is 2. The van der Waals surface area contributed by atoms with Gasteiger partial charge in [-0.25, -0.2) is 13.2 Å². The van der Waals surface area contributed by atoms with Gasteiger partial charge in [0.1, 0.15) is 17.1 Å². The Balaban J connectivity index is 1.51. The van der Waals surface area contributed by atoms with Crippen molar-refractivity contribution in [1.29, 1.82) is 0 Å². The fourth-order valence-corrected chi connectivity index (χ4v) is 7.68. The van der Waals surface area contributed by atoms with E-state index in [1.165, 1.54) is 7.05 Å². The fraction of sp³-hybridized carbons (Fsp3) is 0.455. The molecule has 44 heavy (non-hydrogen) atoms. The van der Waals surface area contributed by atoms with Gasteiger partial charge in [0.2, 0.25) is 0 Å². The van der Waals surface area contributed by atoms with E-state index in [2.05, 4.69) is 22.7 Å². The molecule has 1 spiro atoms. The third-order valence-electron chi connectivity index (χ3n) is 8.75. The molecule has 10 nitrogen and oxygen atoms in total. The molecule has 1 aliphatic carbocycles. The van der Waals surface area contributed by atoms with Crippen LogP contribution >= 0.6 is 0 Å². The molecule has 5 rings (SSSR count). The minimum Gasteiger partial charge on any atom is -0.360 e. The van der Waals surface area contributed by atoms with Crippen LogP contribution in [0.5, 0.6) is 0 Å². The molecule has 0 unspecified atom stereocenters. The summed E-state index contributed by atoms with van der Waals surface area (Å²) >= 11 is 0. The molecule has 0 bridgehead atoms. The third-order valence-corrected chi connectivity index (χ3v) is 10.4. The summed E-state index contributed by atoms with van der Waals surface area (Å²) in [6, 6.07) is 12.2. The zero-order chi connectivity index (χ0) is 31.5. The second-order valence-electron chi connectivity index (χ2n) is 11.8. The summed E-state index contributed by atoms with van der Waals surface area (Å²) in [5, 5.41) is 9.33. The van der Waals surface area contributed by atoms with Gasteiger partial charge in [0.25, 0.3) is 5.91 Å². The highest BCUT2D eigenvalue weighted by Crippen LogP contribution is 2.40. The Kier molecular flexibility index (Phi) is 9.24. The number of aryl methyl sites for hydroxylation is 1. The van der Waals surface area contributed by atoms with E-state index in [0.717, 1.165) is 61.9 Å². The Bertz CT molecular complexity index is 1690. The molecule has 1 fully saturated rings. The first-order valence-electron chi connectivity index (χ1n) is 15.3. The van der Waals surface area contributed by atoms with Crippen LogP contribution < -0.4 is 10.6 Å². The number of aliphatic imine (C=N–C) groups is 1. The Morgan fingerprint density at radius 3 is 2.52 bits per heavy atom. The van der Waals surface area contributed by atoms with E-state index in [9.17, 15) is 18.0 Å². The van der Waals surface area contributed by atoms with Crippen molar-refractivity contribution in [3.05, 3.63) is 70.6 Å². The fourth-order valence-electron chi connectivity index (χ4n) is 6.11. The van der Waals surface area contributed by atoms with Gasteiger partial charge < -0.3 is 15.2 Å². The minimum atomic E-state index is -3.82. The number of aromatic nitrogens is 1. The summed E-state index contributed by atoms with van der Waals surface area (Å²) in [6.45, 7) is 6.22. The summed E-state index contributed by atoms with van der Waals surface area (Å²) in [6.07, 6.45) is 6.31. The number of hydrogen-bond donors (Lipinski definition) is 2. The normalized spacial score (nSPS) is 16.0. The number of sulfone groups is 1. The van der Waals surface area contributed by atoms with E-state index < -0.39 is 15.4 Å². The Hall–Kier alpha value is -3.99. The monoisotopic (exact) mass is 619 g/mol. The molecule has 2 heterocycles. The molecule has 2 aliphatic rings. The van der Waals surface area contributed by atoms with Crippen molar-refractivity contribution in [1.82, 2.24) is 20.7 Å². The number of benzene rings is 2. The summed E-state index contributed by atoms with van der Waals surface area (Å²) < 4.78 is 32.8. The van der Waals surface area contributed by atoms with Crippen molar-refractivity contribution >= 4 is 27.6 Å². The van der Waals surface area contributed by atoms with E-state index in [1.807, 2.05) is 23.1 Å². The molecule has 0 atom stereocenters. The largest absolute Gasteiger partial charge is 0.360 e. The maximum absolute atomic E-state index is 13.7. The molecule has 2 aromatic carbocycles. The topological polar surface area (TPSA) is 134 Å². The van der Waals surface area contributed by atoms with Gasteiger partial charge in [-0.05, 0) is 55.9 Å². The molecular weight excluding hydrogens is 578 g/mol. The van der Waals surface area contributed by atoms with Crippen molar-refractivity contribution in [3.8, 4) is 11.1 Å². The predicted octanol–water partition coefficient (Wildman–Crippen LogP) is 5.61. The van der Waals surface area contributed by atoms with E-state index in [-0.39, 0.29) is 29.1 Å². The predicted molar refractivity (Wildman–Crippen MR) is 169 cm³/mol. The summed E-state index contributed by atoms with van der Waals surface area (Å²) in [5.74, 6) is 0.913. The number of rotatable bonds is 11. The van der Waals surface area contributed by atoms with Gasteiger partial charge in [0.05, 0.1) is 17.1 Å². The van der Waals surface area contributed by atoms with Crippen molar-refractivity contribution in [3.63, 3.8) is 0 Å². The highest BCUT2D eigenvalue weighted by atomic mass is 32.2. The van der Waals surface area contributed by atoms with E-state index >= 15 is 0 Å². The number of nitrogens with one attached hydrogen (secondary N) is 2. The van der Waals surface area contributed by atoms with Crippen LogP contribution in [0.15, 0.2) is 56.9 Å². The average Bonchev–Trinajstić information content (AvgIpc) is 3.69. The maximum atomic E-state index is 13.7. The molecule has 0 saturated heterocycles. The van der Waals surface area contributed by atoms with Crippen LogP contribution in [0.1, 0.15) is 80.0 Å². The summed E-state index contributed by atoms with van der Waals surface area (Å²) in [7, 11) is -2.28. The second kappa shape index (κ2) is 12.9. The molecule has 3 amide bonds. The van der Waals surface area contributed by atoms with Gasteiger partial charge in [-0.3, -0.25) is 14.7 Å². The highest BCUT2D eigenvalue weighted by molar-refractivity contribution is 7.90. The lowest BCUT2D eigenvalue weighted by Gasteiger charge is -2.23. The quantitative estimate of drug-likeness (QED) is 0.287. The maximum Gasteiger partial charge on any atom is 0.314 e. The number of amides is 3. The van der Waals surface area contributed by atoms with E-state index in [0.29, 0.717) is 34.7 Å². The van der Waals surface area contributed by atoms with E-state index in [1.54, 1.807) is 38.1 Å². The molecule has 234 valence electrons. The zero-order valence-electron chi connectivity index (χ0n) is 25.9. The molecular formula is C33H41N5O5S. The molecule has 3 aromatic rings. The van der Waals surface area contributed by atoms with Crippen LogP contribution in [0.4, 0.5) is 4.79 Å². The Morgan fingerprint density at radius 2 is 1.84 bits per heavy atom.